The molecule has 5 nitrogen and oxygen atoms in total. The summed E-state index contributed by atoms with van der Waals surface area (Å²) in [5.41, 5.74) is 1.52. The first kappa shape index (κ1) is 18.0. The molecule has 0 aromatic heterocycles. The smallest absolute Gasteiger partial charge is 0.255 e. The van der Waals surface area contributed by atoms with Crippen LogP contribution in [-0.4, -0.2) is 43.9 Å². The predicted octanol–water partition coefficient (Wildman–Crippen LogP) is 2.88. The fourth-order valence-corrected chi connectivity index (χ4v) is 2.26. The highest BCUT2D eigenvalue weighted by Crippen LogP contribution is 2.15. The number of amides is 2. The molecule has 126 valence electrons. The zero-order valence-corrected chi connectivity index (χ0v) is 14.4. The second-order valence-electron chi connectivity index (χ2n) is 5.60. The number of nitrogens with one attached hydrogen (secondary N) is 2. The van der Waals surface area contributed by atoms with E-state index in [0.717, 1.165) is 6.54 Å². The van der Waals surface area contributed by atoms with Crippen LogP contribution < -0.4 is 10.6 Å². The third-order valence-electron chi connectivity index (χ3n) is 3.31. The molecular weight excluding hydrogens is 326 g/mol. The van der Waals surface area contributed by atoms with Crippen molar-refractivity contribution >= 4 is 29.1 Å². The van der Waals surface area contributed by atoms with Crippen LogP contribution in [0, 0.1) is 0 Å². The van der Waals surface area contributed by atoms with Crippen molar-refractivity contribution in [2.75, 3.05) is 32.5 Å². The summed E-state index contributed by atoms with van der Waals surface area (Å²) in [4.78, 5) is 26.3. The second kappa shape index (κ2) is 8.47. The van der Waals surface area contributed by atoms with Crippen LogP contribution in [0.1, 0.15) is 20.7 Å². The predicted molar refractivity (Wildman–Crippen MR) is 96.7 cm³/mol. The Balaban J connectivity index is 2.02. The van der Waals surface area contributed by atoms with Gasteiger partial charge in [0.2, 0.25) is 0 Å². The Hall–Kier alpha value is -2.37. The van der Waals surface area contributed by atoms with Crippen LogP contribution in [0.25, 0.3) is 0 Å². The van der Waals surface area contributed by atoms with Crippen LogP contribution in [0.15, 0.2) is 48.5 Å². The number of halogens is 1. The monoisotopic (exact) mass is 345 g/mol. The maximum Gasteiger partial charge on any atom is 0.255 e. The number of nitrogens with zero attached hydrogens (tertiary/aromatic N) is 1. The summed E-state index contributed by atoms with van der Waals surface area (Å²) in [6.45, 7) is 1.32. The number of likely N-dealkylation sites (N-methyl/N-ethyl adjacent to an activating group) is 1. The molecule has 0 heterocycles. The van der Waals surface area contributed by atoms with Gasteiger partial charge in [0, 0.05) is 34.9 Å². The van der Waals surface area contributed by atoms with E-state index in [9.17, 15) is 9.59 Å². The Morgan fingerprint density at radius 2 is 1.67 bits per heavy atom. The zero-order chi connectivity index (χ0) is 17.5. The molecule has 6 heteroatoms. The van der Waals surface area contributed by atoms with Crippen molar-refractivity contribution in [1.29, 1.82) is 0 Å². The summed E-state index contributed by atoms with van der Waals surface area (Å²) in [6.07, 6.45) is 0. The Bertz CT molecular complexity index is 732. The van der Waals surface area contributed by atoms with E-state index in [1.165, 1.54) is 0 Å². The maximum atomic E-state index is 12.2. The van der Waals surface area contributed by atoms with Gasteiger partial charge in [0.15, 0.2) is 0 Å². The summed E-state index contributed by atoms with van der Waals surface area (Å²) in [6, 6.07) is 13.5. The molecule has 0 unspecified atom stereocenters. The fourth-order valence-electron chi connectivity index (χ4n) is 2.07. The molecule has 0 bridgehead atoms. The van der Waals surface area contributed by atoms with Crippen molar-refractivity contribution in [3.63, 3.8) is 0 Å². The molecule has 0 saturated carbocycles. The van der Waals surface area contributed by atoms with Gasteiger partial charge < -0.3 is 15.5 Å². The molecule has 2 aromatic carbocycles. The number of benzene rings is 2. The first-order chi connectivity index (χ1) is 11.5. The number of carbonyl (C=O) groups excluding carboxylic acids is 2. The normalized spacial score (nSPS) is 10.5. The highest BCUT2D eigenvalue weighted by atomic mass is 35.5. The Labute approximate surface area is 146 Å². The standard InChI is InChI=1S/C18H20ClN3O2/c1-22(2)10-9-20-17(23)14-6-4-8-16(12-14)21-18(24)13-5-3-7-15(19)11-13/h3-8,11-12H,9-10H2,1-2H3,(H,20,23)(H,21,24). The molecule has 0 spiro atoms. The largest absolute Gasteiger partial charge is 0.351 e. The number of rotatable bonds is 6. The highest BCUT2D eigenvalue weighted by Gasteiger charge is 2.09. The van der Waals surface area contributed by atoms with Crippen molar-refractivity contribution in [2.24, 2.45) is 0 Å². The summed E-state index contributed by atoms with van der Waals surface area (Å²) >= 11 is 5.89. The topological polar surface area (TPSA) is 61.4 Å². The van der Waals surface area contributed by atoms with Crippen molar-refractivity contribution in [2.45, 2.75) is 0 Å². The van der Waals surface area contributed by atoms with Crippen LogP contribution >= 0.6 is 11.6 Å². The Kier molecular flexibility index (Phi) is 6.35. The average Bonchev–Trinajstić information content (AvgIpc) is 2.54. The van der Waals surface area contributed by atoms with E-state index in [1.54, 1.807) is 48.5 Å². The van der Waals surface area contributed by atoms with Crippen molar-refractivity contribution in [1.82, 2.24) is 10.2 Å². The molecule has 0 aliphatic rings. The lowest BCUT2D eigenvalue weighted by Gasteiger charge is -2.11. The van der Waals surface area contributed by atoms with Crippen molar-refractivity contribution < 1.29 is 9.59 Å². The summed E-state index contributed by atoms with van der Waals surface area (Å²) < 4.78 is 0. The van der Waals surface area contributed by atoms with Crippen LogP contribution in [-0.2, 0) is 0 Å². The Morgan fingerprint density at radius 3 is 2.33 bits per heavy atom. The maximum absolute atomic E-state index is 12.2. The SMILES string of the molecule is CN(C)CCNC(=O)c1cccc(NC(=O)c2cccc(Cl)c2)c1. The molecule has 0 aliphatic heterocycles. The van der Waals surface area contributed by atoms with E-state index < -0.39 is 0 Å². The molecule has 2 N–H and O–H groups in total. The molecule has 2 amide bonds. The number of carbonyl (C=O) groups is 2. The zero-order valence-electron chi connectivity index (χ0n) is 13.7. The summed E-state index contributed by atoms with van der Waals surface area (Å²) in [5.74, 6) is -0.446. The molecule has 0 fully saturated rings. The van der Waals surface area contributed by atoms with Crippen LogP contribution in [0.3, 0.4) is 0 Å². The van der Waals surface area contributed by atoms with E-state index >= 15 is 0 Å². The molecule has 0 aliphatic carbocycles. The van der Waals surface area contributed by atoms with Gasteiger partial charge in [0.05, 0.1) is 0 Å². The first-order valence-electron chi connectivity index (χ1n) is 7.55. The van der Waals surface area contributed by atoms with Gasteiger partial charge >= 0.3 is 0 Å². The average molecular weight is 346 g/mol. The molecule has 0 atom stereocenters. The molecular formula is C18H20ClN3O2. The molecule has 2 aromatic rings. The number of hydrogen-bond acceptors (Lipinski definition) is 3. The van der Waals surface area contributed by atoms with E-state index in [1.807, 2.05) is 19.0 Å². The van der Waals surface area contributed by atoms with Crippen LogP contribution in [0.2, 0.25) is 5.02 Å². The number of hydrogen-bond donors (Lipinski definition) is 2. The lowest BCUT2D eigenvalue weighted by Crippen LogP contribution is -2.31. The summed E-state index contributed by atoms with van der Waals surface area (Å²) in [5, 5.41) is 6.11. The van der Waals surface area contributed by atoms with Crippen LogP contribution in [0.5, 0.6) is 0 Å². The number of anilines is 1. The molecule has 0 saturated heterocycles. The van der Waals surface area contributed by atoms with E-state index in [2.05, 4.69) is 10.6 Å². The van der Waals surface area contributed by atoms with E-state index in [-0.39, 0.29) is 11.8 Å². The van der Waals surface area contributed by atoms with Gasteiger partial charge in [-0.3, -0.25) is 9.59 Å². The van der Waals surface area contributed by atoms with Gasteiger partial charge in [-0.2, -0.15) is 0 Å². The minimum Gasteiger partial charge on any atom is -0.351 e. The fraction of sp³-hybridized carbons (Fsp3) is 0.222. The van der Waals surface area contributed by atoms with Crippen molar-refractivity contribution in [3.05, 3.63) is 64.7 Å². The van der Waals surface area contributed by atoms with Gasteiger partial charge in [-0.15, -0.1) is 0 Å². The van der Waals surface area contributed by atoms with Crippen LogP contribution in [0.4, 0.5) is 5.69 Å². The lowest BCUT2D eigenvalue weighted by molar-refractivity contribution is 0.0949. The van der Waals surface area contributed by atoms with Gasteiger partial charge in [0.1, 0.15) is 0 Å². The molecule has 0 radical (unpaired) electrons. The van der Waals surface area contributed by atoms with Gasteiger partial charge in [-0.25, -0.2) is 0 Å². The van der Waals surface area contributed by atoms with Gasteiger partial charge in [-0.1, -0.05) is 23.7 Å². The third-order valence-corrected chi connectivity index (χ3v) is 3.55. The second-order valence-corrected chi connectivity index (χ2v) is 6.04. The highest BCUT2D eigenvalue weighted by molar-refractivity contribution is 6.31. The lowest BCUT2D eigenvalue weighted by atomic mass is 10.1. The van der Waals surface area contributed by atoms with Gasteiger partial charge in [-0.05, 0) is 50.5 Å². The van der Waals surface area contributed by atoms with Crippen molar-refractivity contribution in [3.8, 4) is 0 Å². The first-order valence-corrected chi connectivity index (χ1v) is 7.93. The van der Waals surface area contributed by atoms with Gasteiger partial charge in [0.25, 0.3) is 11.8 Å². The Morgan fingerprint density at radius 1 is 1.00 bits per heavy atom. The minimum absolute atomic E-state index is 0.171. The quantitative estimate of drug-likeness (QED) is 0.846. The third kappa shape index (κ3) is 5.37. The molecule has 2 rings (SSSR count). The minimum atomic E-state index is -0.275. The van der Waals surface area contributed by atoms with E-state index in [4.69, 9.17) is 11.6 Å². The summed E-state index contributed by atoms with van der Waals surface area (Å²) in [7, 11) is 3.89. The molecule has 24 heavy (non-hydrogen) atoms. The van der Waals surface area contributed by atoms with E-state index in [0.29, 0.717) is 28.4 Å².